The van der Waals surface area contributed by atoms with E-state index in [1.165, 1.54) is 12.1 Å². The summed E-state index contributed by atoms with van der Waals surface area (Å²) in [6.07, 6.45) is -2.35. The van der Waals surface area contributed by atoms with Crippen LogP contribution in [0.2, 0.25) is 0 Å². The molecular weight excluding hydrogens is 237 g/mol. The van der Waals surface area contributed by atoms with Crippen molar-refractivity contribution in [1.29, 1.82) is 0 Å². The maximum absolute atomic E-state index is 8.38. The summed E-state index contributed by atoms with van der Waals surface area (Å²) >= 11 is 0. The highest BCUT2D eigenvalue weighted by molar-refractivity contribution is 6.61. The van der Waals surface area contributed by atoms with Crippen LogP contribution in [0, 0.1) is 0 Å². The first kappa shape index (κ1) is 6.73. The molecular formula is C15H24BNO2. The van der Waals surface area contributed by atoms with Crippen molar-refractivity contribution in [1.82, 2.24) is 4.98 Å². The molecule has 2 rings (SSSR count). The third-order valence-electron chi connectivity index (χ3n) is 3.69. The molecule has 0 spiro atoms. The van der Waals surface area contributed by atoms with Gasteiger partial charge in [-0.3, -0.25) is 4.98 Å². The van der Waals surface area contributed by atoms with E-state index >= 15 is 0 Å². The Morgan fingerprint density at radius 1 is 1.37 bits per heavy atom. The highest BCUT2D eigenvalue weighted by Crippen LogP contribution is 2.36. The molecule has 4 heteroatoms. The van der Waals surface area contributed by atoms with Crippen LogP contribution in [0.15, 0.2) is 18.3 Å². The summed E-state index contributed by atoms with van der Waals surface area (Å²) in [7, 11) is -0.827. The van der Waals surface area contributed by atoms with Gasteiger partial charge in [0.05, 0.1) is 16.8 Å². The summed E-state index contributed by atoms with van der Waals surface area (Å²) in [5.74, 6) is -3.05. The minimum absolute atomic E-state index is 0.310. The van der Waals surface area contributed by atoms with Gasteiger partial charge in [-0.05, 0) is 51.6 Å². The minimum atomic E-state index is -3.35. The molecule has 1 saturated heterocycles. The van der Waals surface area contributed by atoms with Crippen molar-refractivity contribution in [2.45, 2.75) is 64.9 Å². The second kappa shape index (κ2) is 4.91. The second-order valence-corrected chi connectivity index (χ2v) is 5.56. The Balaban J connectivity index is 2.47. The number of hydrogen-bond acceptors (Lipinski definition) is 3. The summed E-state index contributed by atoms with van der Waals surface area (Å²) < 4.78 is 81.2. The molecule has 19 heavy (non-hydrogen) atoms. The highest BCUT2D eigenvalue weighted by Gasteiger charge is 2.52. The predicted molar refractivity (Wildman–Crippen MR) is 78.7 cm³/mol. The number of rotatable bonds is 3. The van der Waals surface area contributed by atoms with Crippen molar-refractivity contribution in [3.63, 3.8) is 0 Å². The van der Waals surface area contributed by atoms with E-state index in [0.717, 1.165) is 6.20 Å². The normalized spacial score (nSPS) is 33.3. The number of aromatic nitrogens is 1. The largest absolute Gasteiger partial charge is 0.514 e. The maximum atomic E-state index is 8.38. The number of nitrogens with zero attached hydrogens (tertiary/aromatic N) is 1. The third kappa shape index (κ3) is 2.70. The number of hydrogen-bond donors (Lipinski definition) is 0. The van der Waals surface area contributed by atoms with Crippen molar-refractivity contribution in [2.24, 2.45) is 0 Å². The van der Waals surface area contributed by atoms with E-state index < -0.39 is 44.3 Å². The lowest BCUT2D eigenvalue weighted by Crippen LogP contribution is -2.41. The molecule has 1 atom stereocenters. The molecule has 1 aliphatic heterocycles. The van der Waals surface area contributed by atoms with E-state index in [1.54, 1.807) is 0 Å². The van der Waals surface area contributed by atoms with Crippen LogP contribution < -0.4 is 5.59 Å². The minimum Gasteiger partial charge on any atom is -0.398 e. The van der Waals surface area contributed by atoms with Gasteiger partial charge in [0.25, 0.3) is 0 Å². The van der Waals surface area contributed by atoms with Crippen molar-refractivity contribution >= 4 is 12.7 Å². The van der Waals surface area contributed by atoms with Crippen LogP contribution in [0.3, 0.4) is 0 Å². The molecule has 0 saturated carbocycles. The van der Waals surface area contributed by atoms with Crippen molar-refractivity contribution in [3.8, 4) is 0 Å². The van der Waals surface area contributed by atoms with Crippen molar-refractivity contribution in [2.75, 3.05) is 0 Å². The smallest absolute Gasteiger partial charge is 0.398 e. The van der Waals surface area contributed by atoms with Crippen LogP contribution in [0.1, 0.15) is 71.6 Å². The molecule has 0 bridgehead atoms. The zero-order valence-corrected chi connectivity index (χ0v) is 11.6. The fraction of sp³-hybridized carbons (Fsp3) is 0.667. The molecule has 1 aromatic rings. The molecule has 0 aliphatic carbocycles. The predicted octanol–water partition coefficient (Wildman–Crippen LogP) is 2.89. The van der Waals surface area contributed by atoms with E-state index in [9.17, 15) is 0 Å². The summed E-state index contributed by atoms with van der Waals surface area (Å²) in [5, 5.41) is 0. The Kier molecular flexibility index (Phi) is 1.74. The lowest BCUT2D eigenvalue weighted by Gasteiger charge is -2.32. The average Bonchev–Trinajstić information content (AvgIpc) is 2.72. The van der Waals surface area contributed by atoms with E-state index in [1.807, 2.05) is 27.7 Å². The summed E-state index contributed by atoms with van der Waals surface area (Å²) in [6, 6.07) is 2.55. The fourth-order valence-electron chi connectivity index (χ4n) is 1.73. The Morgan fingerprint density at radius 3 is 2.53 bits per heavy atom. The summed E-state index contributed by atoms with van der Waals surface area (Å²) in [4.78, 5) is 4.10. The first-order valence-electron chi connectivity index (χ1n) is 10.6. The van der Waals surface area contributed by atoms with E-state index in [4.69, 9.17) is 21.6 Å². The summed E-state index contributed by atoms with van der Waals surface area (Å²) in [5.41, 5.74) is -1.29. The topological polar surface area (TPSA) is 31.4 Å². The molecule has 3 nitrogen and oxygen atoms in total. The van der Waals surface area contributed by atoms with Gasteiger partial charge in [0, 0.05) is 18.5 Å². The Bertz CT molecular complexity index is 715. The van der Waals surface area contributed by atoms with Crippen molar-refractivity contribution in [3.05, 3.63) is 23.9 Å². The number of pyridine rings is 1. The Morgan fingerprint density at radius 2 is 2.05 bits per heavy atom. The van der Waals surface area contributed by atoms with Crippen LogP contribution in [0.5, 0.6) is 0 Å². The van der Waals surface area contributed by atoms with Crippen LogP contribution in [-0.4, -0.2) is 23.3 Å². The van der Waals surface area contributed by atoms with Gasteiger partial charge in [0.1, 0.15) is 0 Å². The van der Waals surface area contributed by atoms with Crippen LogP contribution in [-0.2, 0) is 9.31 Å². The van der Waals surface area contributed by atoms with Gasteiger partial charge < -0.3 is 9.31 Å². The highest BCUT2D eigenvalue weighted by atomic mass is 16.7. The molecule has 0 N–H and O–H groups in total. The quantitative estimate of drug-likeness (QED) is 0.791. The van der Waals surface area contributed by atoms with Gasteiger partial charge >= 0.3 is 7.12 Å². The van der Waals surface area contributed by atoms with E-state index in [2.05, 4.69) is 4.98 Å². The van der Waals surface area contributed by atoms with Gasteiger partial charge in [-0.15, -0.1) is 0 Å². The zero-order valence-electron chi connectivity index (χ0n) is 20.6. The molecule has 104 valence electrons. The Hall–Kier alpha value is -0.865. The van der Waals surface area contributed by atoms with Gasteiger partial charge in [-0.2, -0.15) is 0 Å². The van der Waals surface area contributed by atoms with Crippen molar-refractivity contribution < 1.29 is 21.6 Å². The molecule has 0 aromatic carbocycles. The summed E-state index contributed by atoms with van der Waals surface area (Å²) in [6.45, 7) is 0.850. The fourth-order valence-corrected chi connectivity index (χ4v) is 1.73. The van der Waals surface area contributed by atoms with Crippen LogP contribution >= 0.6 is 0 Å². The molecule has 1 aromatic heterocycles. The third-order valence-corrected chi connectivity index (χ3v) is 3.69. The maximum Gasteiger partial charge on any atom is 0.514 e. The second-order valence-electron chi connectivity index (χ2n) is 5.56. The van der Waals surface area contributed by atoms with Gasteiger partial charge in [0.2, 0.25) is 0 Å². The van der Waals surface area contributed by atoms with Gasteiger partial charge in [-0.1, -0.05) is 19.8 Å². The molecule has 1 aliphatic rings. The molecule has 0 amide bonds. The average molecular weight is 270 g/mol. The lowest BCUT2D eigenvalue weighted by molar-refractivity contribution is 0.00578. The van der Waals surface area contributed by atoms with Crippen LogP contribution in [0.4, 0.5) is 0 Å². The van der Waals surface area contributed by atoms with E-state index in [0.29, 0.717) is 5.59 Å². The van der Waals surface area contributed by atoms with E-state index in [-0.39, 0.29) is 5.56 Å². The first-order chi connectivity index (χ1) is 12.3. The van der Waals surface area contributed by atoms with Gasteiger partial charge in [-0.25, -0.2) is 0 Å². The molecule has 1 fully saturated rings. The monoisotopic (exact) mass is 270 g/mol. The standard InChI is InChI=1S/C15H24BNO2/c1-7-11(2)12-8-9-13(17-10-12)16-18-14(3,4)15(5,6)19-16/h8-11H,7H2,1-6H3/i1D3,2D3,7D2,11D. The molecule has 2 heterocycles. The van der Waals surface area contributed by atoms with Gasteiger partial charge in [0.15, 0.2) is 0 Å². The SMILES string of the molecule is [2H]C([2H])([2H])C([2H])([2H])C([2H])(c1ccc(B2OC(C)(C)C(C)(C)O2)nc1)C([2H])([2H])[2H]. The molecule has 1 unspecified atom stereocenters. The van der Waals surface area contributed by atoms with Crippen LogP contribution in [0.25, 0.3) is 0 Å². The lowest BCUT2D eigenvalue weighted by atomic mass is 9.83. The zero-order chi connectivity index (χ0) is 22.0. The molecule has 0 radical (unpaired) electrons. The first-order valence-corrected chi connectivity index (χ1v) is 6.10. The Labute approximate surface area is 129 Å².